The van der Waals surface area contributed by atoms with Crippen molar-refractivity contribution in [1.82, 2.24) is 0 Å². The zero-order chi connectivity index (χ0) is 14.8. The SMILES string of the molecule is COc1cccc(N(Cc2ccsc2)C2CC2)c1C(C)=O. The summed E-state index contributed by atoms with van der Waals surface area (Å²) in [6.07, 6.45) is 2.39. The number of ether oxygens (including phenoxy) is 1. The van der Waals surface area contributed by atoms with E-state index in [9.17, 15) is 4.79 Å². The van der Waals surface area contributed by atoms with Crippen molar-refractivity contribution >= 4 is 22.8 Å². The molecule has 3 rings (SSSR count). The second kappa shape index (κ2) is 5.90. The number of hydrogen-bond donors (Lipinski definition) is 0. The first-order valence-electron chi connectivity index (χ1n) is 7.16. The Balaban J connectivity index is 2.01. The number of benzene rings is 1. The molecular formula is C17H19NO2S. The van der Waals surface area contributed by atoms with Gasteiger partial charge in [-0.1, -0.05) is 6.07 Å². The average molecular weight is 301 g/mol. The topological polar surface area (TPSA) is 29.5 Å². The molecule has 0 spiro atoms. The van der Waals surface area contributed by atoms with E-state index in [4.69, 9.17) is 4.74 Å². The van der Waals surface area contributed by atoms with Crippen LogP contribution in [0, 0.1) is 0 Å². The minimum atomic E-state index is 0.0541. The first-order valence-corrected chi connectivity index (χ1v) is 8.10. The van der Waals surface area contributed by atoms with Crippen molar-refractivity contribution in [2.45, 2.75) is 32.4 Å². The Bertz CT molecular complexity index is 632. The zero-order valence-electron chi connectivity index (χ0n) is 12.3. The number of carbonyl (C=O) groups is 1. The maximum Gasteiger partial charge on any atom is 0.165 e. The van der Waals surface area contributed by atoms with Gasteiger partial charge in [-0.15, -0.1) is 0 Å². The van der Waals surface area contributed by atoms with Crippen LogP contribution in [0.3, 0.4) is 0 Å². The van der Waals surface area contributed by atoms with Crippen LogP contribution in [-0.2, 0) is 6.54 Å². The quantitative estimate of drug-likeness (QED) is 0.751. The van der Waals surface area contributed by atoms with Crippen LogP contribution in [0.15, 0.2) is 35.0 Å². The number of rotatable bonds is 6. The van der Waals surface area contributed by atoms with Crippen molar-refractivity contribution in [2.75, 3.05) is 12.0 Å². The van der Waals surface area contributed by atoms with Crippen molar-refractivity contribution in [2.24, 2.45) is 0 Å². The molecule has 1 fully saturated rings. The molecule has 1 aliphatic rings. The lowest BCUT2D eigenvalue weighted by atomic mass is 10.1. The summed E-state index contributed by atoms with van der Waals surface area (Å²) in [7, 11) is 1.62. The molecule has 2 aromatic rings. The molecule has 1 aliphatic carbocycles. The van der Waals surface area contributed by atoms with Crippen molar-refractivity contribution in [3.63, 3.8) is 0 Å². The van der Waals surface area contributed by atoms with E-state index >= 15 is 0 Å². The molecule has 0 N–H and O–H groups in total. The fourth-order valence-electron chi connectivity index (χ4n) is 2.66. The summed E-state index contributed by atoms with van der Waals surface area (Å²) in [5.74, 6) is 0.717. The van der Waals surface area contributed by atoms with Crippen molar-refractivity contribution in [3.8, 4) is 5.75 Å². The van der Waals surface area contributed by atoms with E-state index < -0.39 is 0 Å². The fourth-order valence-corrected chi connectivity index (χ4v) is 3.32. The van der Waals surface area contributed by atoms with E-state index in [2.05, 4.69) is 21.7 Å². The van der Waals surface area contributed by atoms with Gasteiger partial charge >= 0.3 is 0 Å². The van der Waals surface area contributed by atoms with E-state index in [0.717, 1.165) is 12.2 Å². The summed E-state index contributed by atoms with van der Waals surface area (Å²) < 4.78 is 5.39. The number of methoxy groups -OCH3 is 1. The highest BCUT2D eigenvalue weighted by Gasteiger charge is 2.32. The number of thiophene rings is 1. The molecule has 1 aromatic carbocycles. The molecule has 1 saturated carbocycles. The maximum absolute atomic E-state index is 12.1. The summed E-state index contributed by atoms with van der Waals surface area (Å²) in [6.45, 7) is 2.46. The van der Waals surface area contributed by atoms with Gasteiger partial charge in [-0.3, -0.25) is 4.79 Å². The second-order valence-corrected chi connectivity index (χ2v) is 6.18. The minimum absolute atomic E-state index is 0.0541. The van der Waals surface area contributed by atoms with Gasteiger partial charge in [-0.05, 0) is 54.3 Å². The van der Waals surface area contributed by atoms with Gasteiger partial charge in [0.05, 0.1) is 18.4 Å². The van der Waals surface area contributed by atoms with E-state index in [1.807, 2.05) is 18.2 Å². The van der Waals surface area contributed by atoms with Crippen LogP contribution in [0.5, 0.6) is 5.75 Å². The van der Waals surface area contributed by atoms with Crippen molar-refractivity contribution in [3.05, 3.63) is 46.2 Å². The Labute approximate surface area is 129 Å². The standard InChI is InChI=1S/C17H19NO2S/c1-12(19)17-15(4-3-5-16(17)20-2)18(14-6-7-14)10-13-8-9-21-11-13/h3-5,8-9,11,14H,6-7,10H2,1-2H3. The summed E-state index contributed by atoms with van der Waals surface area (Å²) in [6, 6.07) is 8.53. The van der Waals surface area contributed by atoms with E-state index in [0.29, 0.717) is 17.4 Å². The van der Waals surface area contributed by atoms with E-state index in [1.54, 1.807) is 25.4 Å². The number of nitrogens with zero attached hydrogens (tertiary/aromatic N) is 1. The van der Waals surface area contributed by atoms with Crippen LogP contribution < -0.4 is 9.64 Å². The second-order valence-electron chi connectivity index (χ2n) is 5.40. The average Bonchev–Trinajstić information content (AvgIpc) is 3.20. The molecule has 0 saturated heterocycles. The Kier molecular flexibility index (Phi) is 3.97. The highest BCUT2D eigenvalue weighted by Crippen LogP contribution is 2.38. The largest absolute Gasteiger partial charge is 0.496 e. The number of ketones is 1. The summed E-state index contributed by atoms with van der Waals surface area (Å²) >= 11 is 1.71. The first kappa shape index (κ1) is 14.1. The third-order valence-corrected chi connectivity index (χ3v) is 4.54. The predicted molar refractivity (Wildman–Crippen MR) is 86.5 cm³/mol. The first-order chi connectivity index (χ1) is 10.2. The third kappa shape index (κ3) is 2.95. The van der Waals surface area contributed by atoms with E-state index in [1.165, 1.54) is 18.4 Å². The van der Waals surface area contributed by atoms with Gasteiger partial charge in [-0.2, -0.15) is 11.3 Å². The molecular weight excluding hydrogens is 282 g/mol. The summed E-state index contributed by atoms with van der Waals surface area (Å²) in [4.78, 5) is 14.4. The molecule has 0 amide bonds. The molecule has 0 radical (unpaired) electrons. The lowest BCUT2D eigenvalue weighted by molar-refractivity contribution is 0.101. The minimum Gasteiger partial charge on any atom is -0.496 e. The Morgan fingerprint density at radius 1 is 1.38 bits per heavy atom. The highest BCUT2D eigenvalue weighted by atomic mass is 32.1. The van der Waals surface area contributed by atoms with Gasteiger partial charge in [0.2, 0.25) is 0 Å². The molecule has 0 aliphatic heterocycles. The molecule has 1 heterocycles. The molecule has 110 valence electrons. The molecule has 0 unspecified atom stereocenters. The van der Waals surface area contributed by atoms with Gasteiger partial charge in [0.25, 0.3) is 0 Å². The highest BCUT2D eigenvalue weighted by molar-refractivity contribution is 7.07. The zero-order valence-corrected chi connectivity index (χ0v) is 13.2. The predicted octanol–water partition coefficient (Wildman–Crippen LogP) is 4.13. The summed E-state index contributed by atoms with van der Waals surface area (Å²) in [5.41, 5.74) is 2.99. The normalized spacial score (nSPS) is 14.0. The van der Waals surface area contributed by atoms with Gasteiger partial charge in [0.15, 0.2) is 5.78 Å². The number of anilines is 1. The lowest BCUT2D eigenvalue weighted by Gasteiger charge is -2.27. The van der Waals surface area contributed by atoms with Crippen molar-refractivity contribution < 1.29 is 9.53 Å². The van der Waals surface area contributed by atoms with Gasteiger partial charge < -0.3 is 9.64 Å². The number of Topliss-reactive ketones (excluding diaryl/α,β-unsaturated/α-hetero) is 1. The molecule has 4 heteroatoms. The van der Waals surface area contributed by atoms with Crippen LogP contribution in [0.1, 0.15) is 35.7 Å². The third-order valence-electron chi connectivity index (χ3n) is 3.81. The lowest BCUT2D eigenvalue weighted by Crippen LogP contribution is -2.26. The Hall–Kier alpha value is -1.81. The number of carbonyl (C=O) groups excluding carboxylic acids is 1. The monoisotopic (exact) mass is 301 g/mol. The van der Waals surface area contributed by atoms with Gasteiger partial charge in [0, 0.05) is 12.6 Å². The Morgan fingerprint density at radius 3 is 2.76 bits per heavy atom. The molecule has 21 heavy (non-hydrogen) atoms. The van der Waals surface area contributed by atoms with Crippen LogP contribution in [0.2, 0.25) is 0 Å². The Morgan fingerprint density at radius 2 is 2.19 bits per heavy atom. The molecule has 0 bridgehead atoms. The van der Waals surface area contributed by atoms with Crippen molar-refractivity contribution in [1.29, 1.82) is 0 Å². The maximum atomic E-state index is 12.1. The molecule has 0 atom stereocenters. The smallest absolute Gasteiger partial charge is 0.165 e. The van der Waals surface area contributed by atoms with Crippen LogP contribution in [0.25, 0.3) is 0 Å². The van der Waals surface area contributed by atoms with Crippen LogP contribution >= 0.6 is 11.3 Å². The number of hydrogen-bond acceptors (Lipinski definition) is 4. The van der Waals surface area contributed by atoms with Crippen LogP contribution in [0.4, 0.5) is 5.69 Å². The fraction of sp³-hybridized carbons (Fsp3) is 0.353. The van der Waals surface area contributed by atoms with Gasteiger partial charge in [0.1, 0.15) is 5.75 Å². The summed E-state index contributed by atoms with van der Waals surface area (Å²) in [5, 5.41) is 4.26. The molecule has 3 nitrogen and oxygen atoms in total. The van der Waals surface area contributed by atoms with E-state index in [-0.39, 0.29) is 5.78 Å². The van der Waals surface area contributed by atoms with Crippen LogP contribution in [-0.4, -0.2) is 18.9 Å². The molecule has 1 aromatic heterocycles. The van der Waals surface area contributed by atoms with Gasteiger partial charge in [-0.25, -0.2) is 0 Å².